The van der Waals surface area contributed by atoms with Gasteiger partial charge in [-0.25, -0.2) is 0 Å². The Hall–Kier alpha value is -1.98. The fourth-order valence-corrected chi connectivity index (χ4v) is 0.969. The van der Waals surface area contributed by atoms with Gasteiger partial charge in [0.15, 0.2) is 6.20 Å². The molecule has 80 valence electrons. The van der Waals surface area contributed by atoms with Gasteiger partial charge in [0.25, 0.3) is 5.91 Å². The molecule has 0 saturated carbocycles. The van der Waals surface area contributed by atoms with Crippen LogP contribution in [-0.4, -0.2) is 22.4 Å². The molecule has 0 fully saturated rings. The highest BCUT2D eigenvalue weighted by Crippen LogP contribution is 2.06. The molecule has 15 heavy (non-hydrogen) atoms. The first kappa shape index (κ1) is 11.1. The van der Waals surface area contributed by atoms with Crippen LogP contribution in [0.5, 0.6) is 0 Å². The third kappa shape index (κ3) is 3.01. The molecule has 0 aromatic carbocycles. The van der Waals surface area contributed by atoms with E-state index in [9.17, 15) is 14.9 Å². The average Bonchev–Trinajstić information content (AvgIpc) is 2.26. The predicted octanol–water partition coefficient (Wildman–Crippen LogP) is 1.13. The Morgan fingerprint density at radius 2 is 2.33 bits per heavy atom. The number of carbonyl (C=O) groups is 1. The van der Waals surface area contributed by atoms with Crippen LogP contribution in [0.3, 0.4) is 0 Å². The summed E-state index contributed by atoms with van der Waals surface area (Å²) in [6.07, 6.45) is 2.04. The molecule has 0 bridgehead atoms. The molecule has 0 aliphatic carbocycles. The number of rotatable bonds is 4. The topological polar surface area (TPSA) is 85.1 Å². The first-order valence-corrected chi connectivity index (χ1v) is 4.53. The van der Waals surface area contributed by atoms with Crippen molar-refractivity contribution < 1.29 is 9.72 Å². The first-order valence-electron chi connectivity index (χ1n) is 4.53. The highest BCUT2D eigenvalue weighted by molar-refractivity contribution is 5.93. The van der Waals surface area contributed by atoms with E-state index < -0.39 is 4.92 Å². The van der Waals surface area contributed by atoms with Crippen molar-refractivity contribution in [1.82, 2.24) is 10.3 Å². The summed E-state index contributed by atoms with van der Waals surface area (Å²) in [5, 5.41) is 12.9. The zero-order valence-corrected chi connectivity index (χ0v) is 8.27. The van der Waals surface area contributed by atoms with Gasteiger partial charge in [-0.15, -0.1) is 0 Å². The fraction of sp³-hybridized carbons (Fsp3) is 0.333. The minimum absolute atomic E-state index is 0.262. The molecule has 1 rings (SSSR count). The third-order valence-electron chi connectivity index (χ3n) is 1.73. The van der Waals surface area contributed by atoms with Crippen molar-refractivity contribution in [2.75, 3.05) is 6.54 Å². The van der Waals surface area contributed by atoms with Crippen molar-refractivity contribution in [3.05, 3.63) is 34.0 Å². The molecule has 0 aliphatic heterocycles. The molecule has 0 aliphatic rings. The van der Waals surface area contributed by atoms with Crippen molar-refractivity contribution in [3.8, 4) is 0 Å². The second kappa shape index (κ2) is 5.04. The van der Waals surface area contributed by atoms with Crippen LogP contribution >= 0.6 is 0 Å². The van der Waals surface area contributed by atoms with Crippen molar-refractivity contribution in [1.29, 1.82) is 0 Å². The van der Waals surface area contributed by atoms with E-state index in [0.29, 0.717) is 12.1 Å². The minimum Gasteiger partial charge on any atom is -0.358 e. The molecular weight excluding hydrogens is 198 g/mol. The Labute approximate surface area is 86.5 Å². The molecule has 0 radical (unpaired) electrons. The van der Waals surface area contributed by atoms with Gasteiger partial charge in [0.05, 0.1) is 5.56 Å². The summed E-state index contributed by atoms with van der Waals surface area (Å²) in [5.74, 6) is -0.527. The van der Waals surface area contributed by atoms with E-state index in [2.05, 4.69) is 10.3 Å². The lowest BCUT2D eigenvalue weighted by atomic mass is 10.2. The molecule has 1 amide bonds. The van der Waals surface area contributed by atoms with Gasteiger partial charge in [0.1, 0.15) is 0 Å². The average molecular weight is 209 g/mol. The molecule has 0 atom stereocenters. The van der Waals surface area contributed by atoms with Gasteiger partial charge in [-0.1, -0.05) is 6.92 Å². The van der Waals surface area contributed by atoms with E-state index in [1.54, 1.807) is 0 Å². The largest absolute Gasteiger partial charge is 0.363 e. The zero-order valence-electron chi connectivity index (χ0n) is 8.27. The summed E-state index contributed by atoms with van der Waals surface area (Å²) in [4.78, 5) is 24.6. The quantitative estimate of drug-likeness (QED) is 0.595. The Bertz CT molecular complexity index is 361. The van der Waals surface area contributed by atoms with Gasteiger partial charge in [-0.05, 0) is 22.4 Å². The van der Waals surface area contributed by atoms with E-state index >= 15 is 0 Å². The Morgan fingerprint density at radius 1 is 1.60 bits per heavy atom. The van der Waals surface area contributed by atoms with Crippen LogP contribution in [0, 0.1) is 10.1 Å². The van der Waals surface area contributed by atoms with Crippen molar-refractivity contribution >= 4 is 11.7 Å². The molecule has 0 spiro atoms. The van der Waals surface area contributed by atoms with Gasteiger partial charge in [-0.3, -0.25) is 4.79 Å². The Morgan fingerprint density at radius 3 is 2.80 bits per heavy atom. The molecule has 0 unspecified atom stereocenters. The number of hydrogen-bond acceptors (Lipinski definition) is 4. The molecule has 0 saturated heterocycles. The van der Waals surface area contributed by atoms with Gasteiger partial charge in [-0.2, -0.15) is 0 Å². The van der Waals surface area contributed by atoms with E-state index in [1.165, 1.54) is 18.3 Å². The van der Waals surface area contributed by atoms with E-state index in [-0.39, 0.29) is 11.7 Å². The minimum atomic E-state index is -0.603. The van der Waals surface area contributed by atoms with Crippen LogP contribution in [-0.2, 0) is 0 Å². The molecule has 1 aromatic heterocycles. The maximum absolute atomic E-state index is 11.4. The van der Waals surface area contributed by atoms with Crippen molar-refractivity contribution in [3.63, 3.8) is 0 Å². The molecular formula is C9H11N3O3. The Kier molecular flexibility index (Phi) is 3.73. The second-order valence-electron chi connectivity index (χ2n) is 2.92. The summed E-state index contributed by atoms with van der Waals surface area (Å²) in [7, 11) is 0. The maximum Gasteiger partial charge on any atom is 0.363 e. The lowest BCUT2D eigenvalue weighted by Gasteiger charge is -2.00. The van der Waals surface area contributed by atoms with E-state index in [1.807, 2.05) is 6.92 Å². The van der Waals surface area contributed by atoms with Crippen molar-refractivity contribution in [2.45, 2.75) is 13.3 Å². The van der Waals surface area contributed by atoms with Gasteiger partial charge < -0.3 is 15.4 Å². The van der Waals surface area contributed by atoms with Crippen LogP contribution in [0.25, 0.3) is 0 Å². The van der Waals surface area contributed by atoms with Gasteiger partial charge in [0, 0.05) is 12.6 Å². The summed E-state index contributed by atoms with van der Waals surface area (Å²) < 4.78 is 0. The van der Waals surface area contributed by atoms with Crippen LogP contribution in [0.2, 0.25) is 0 Å². The maximum atomic E-state index is 11.4. The van der Waals surface area contributed by atoms with Crippen LogP contribution in [0.1, 0.15) is 23.7 Å². The van der Waals surface area contributed by atoms with Crippen molar-refractivity contribution in [2.24, 2.45) is 0 Å². The predicted molar refractivity (Wildman–Crippen MR) is 53.5 cm³/mol. The summed E-state index contributed by atoms with van der Waals surface area (Å²) in [5.41, 5.74) is 0.328. The standard InChI is InChI=1S/C9H11N3O3/c1-2-5-10-9(13)7-3-4-8(11-6-7)12(14)15/h3-4,6H,2,5H2,1H3,(H,10,13). The highest BCUT2D eigenvalue weighted by Gasteiger charge is 2.10. The number of amides is 1. The third-order valence-corrected chi connectivity index (χ3v) is 1.73. The number of nitrogens with one attached hydrogen (secondary N) is 1. The van der Waals surface area contributed by atoms with Crippen LogP contribution in [0.15, 0.2) is 18.3 Å². The number of pyridine rings is 1. The molecule has 1 N–H and O–H groups in total. The SMILES string of the molecule is CCCNC(=O)c1ccc([N+](=O)[O-])nc1. The first-order chi connectivity index (χ1) is 7.15. The zero-order chi connectivity index (χ0) is 11.3. The van der Waals surface area contributed by atoms with Gasteiger partial charge >= 0.3 is 5.82 Å². The number of nitrogens with zero attached hydrogens (tertiary/aromatic N) is 2. The van der Waals surface area contributed by atoms with Gasteiger partial charge in [0.2, 0.25) is 0 Å². The number of carbonyl (C=O) groups excluding carboxylic acids is 1. The van der Waals surface area contributed by atoms with E-state index in [0.717, 1.165) is 6.42 Å². The molecule has 6 nitrogen and oxygen atoms in total. The lowest BCUT2D eigenvalue weighted by molar-refractivity contribution is -0.389. The monoisotopic (exact) mass is 209 g/mol. The number of aromatic nitrogens is 1. The normalized spacial score (nSPS) is 9.67. The summed E-state index contributed by atoms with van der Waals surface area (Å²) >= 11 is 0. The van der Waals surface area contributed by atoms with Crippen LogP contribution < -0.4 is 5.32 Å². The lowest BCUT2D eigenvalue weighted by Crippen LogP contribution is -2.24. The Balaban J connectivity index is 2.71. The molecule has 1 aromatic rings. The molecule has 1 heterocycles. The second-order valence-corrected chi connectivity index (χ2v) is 2.92. The number of nitro groups is 1. The smallest absolute Gasteiger partial charge is 0.358 e. The summed E-state index contributed by atoms with van der Waals surface area (Å²) in [6.45, 7) is 2.52. The highest BCUT2D eigenvalue weighted by atomic mass is 16.6. The fourth-order valence-electron chi connectivity index (χ4n) is 0.969. The number of hydrogen-bond donors (Lipinski definition) is 1. The summed E-state index contributed by atoms with van der Waals surface area (Å²) in [6, 6.07) is 2.59. The van der Waals surface area contributed by atoms with E-state index in [4.69, 9.17) is 0 Å². The molecule has 6 heteroatoms. The van der Waals surface area contributed by atoms with Crippen LogP contribution in [0.4, 0.5) is 5.82 Å².